The molecule has 1 spiro atoms. The fourth-order valence-electron chi connectivity index (χ4n) is 5.11. The molecule has 7 heteroatoms. The van der Waals surface area contributed by atoms with Crippen LogP contribution in [0, 0.1) is 11.8 Å². The van der Waals surface area contributed by atoms with E-state index in [-0.39, 0.29) is 5.57 Å². The minimum atomic E-state index is -1.58. The summed E-state index contributed by atoms with van der Waals surface area (Å²) in [5.41, 5.74) is 0.0572. The summed E-state index contributed by atoms with van der Waals surface area (Å²) in [6.07, 6.45) is 1.45. The molecule has 2 aromatic carbocycles. The number of carbonyl (C=O) groups excluding carboxylic acids is 4. The number of imide groups is 1. The Morgan fingerprint density at radius 2 is 1.63 bits per heavy atom. The third-order valence-corrected chi connectivity index (χ3v) is 6.34. The number of fused-ring (bicyclic) bond motifs is 4. The first-order valence-electron chi connectivity index (χ1n) is 9.55. The first kappa shape index (κ1) is 18.3. The van der Waals surface area contributed by atoms with Crippen molar-refractivity contribution in [1.29, 1.82) is 0 Å². The largest absolute Gasteiger partial charge is 0.466 e. The number of likely N-dealkylation sites (N-methyl/N-ethyl adjacent to an activating group) is 1. The van der Waals surface area contributed by atoms with Gasteiger partial charge in [-0.3, -0.25) is 14.4 Å². The summed E-state index contributed by atoms with van der Waals surface area (Å²) in [5.74, 6) is -4.04. The highest BCUT2D eigenvalue weighted by Gasteiger charge is 2.70. The number of para-hydroxylation sites is 2. The molecule has 1 fully saturated rings. The highest BCUT2D eigenvalue weighted by Crippen LogP contribution is 2.59. The van der Waals surface area contributed by atoms with E-state index < -0.39 is 40.9 Å². The smallest absolute Gasteiger partial charge is 0.334 e. The van der Waals surface area contributed by atoms with Crippen molar-refractivity contribution >= 4 is 35.1 Å². The van der Waals surface area contributed by atoms with Crippen LogP contribution < -0.4 is 9.80 Å². The van der Waals surface area contributed by atoms with Crippen molar-refractivity contribution in [3.05, 3.63) is 71.8 Å². The molecule has 0 saturated carbocycles. The fourth-order valence-corrected chi connectivity index (χ4v) is 5.11. The molecular formula is C23H18N2O5. The molecule has 0 N–H and O–H groups in total. The molecule has 0 bridgehead atoms. The topological polar surface area (TPSA) is 84.0 Å². The molecule has 0 unspecified atom stereocenters. The summed E-state index contributed by atoms with van der Waals surface area (Å²) in [5, 5.41) is 0. The maximum Gasteiger partial charge on any atom is 0.334 e. The molecule has 150 valence electrons. The molecule has 3 atom stereocenters. The zero-order chi connectivity index (χ0) is 21.2. The van der Waals surface area contributed by atoms with Gasteiger partial charge in [0.25, 0.3) is 0 Å². The lowest BCUT2D eigenvalue weighted by molar-refractivity contribution is -0.139. The number of ether oxygens (including phenoxy) is 1. The van der Waals surface area contributed by atoms with Gasteiger partial charge in [-0.1, -0.05) is 42.5 Å². The van der Waals surface area contributed by atoms with Crippen LogP contribution in [0.4, 0.5) is 11.4 Å². The van der Waals surface area contributed by atoms with Crippen molar-refractivity contribution in [2.24, 2.45) is 11.8 Å². The molecule has 30 heavy (non-hydrogen) atoms. The lowest BCUT2D eigenvalue weighted by Gasteiger charge is -2.31. The molecular weight excluding hydrogens is 384 g/mol. The second kappa shape index (κ2) is 6.13. The van der Waals surface area contributed by atoms with Crippen LogP contribution in [0.15, 0.2) is 66.2 Å². The Labute approximate surface area is 172 Å². The average molecular weight is 402 g/mol. The van der Waals surface area contributed by atoms with E-state index in [9.17, 15) is 19.2 Å². The third kappa shape index (κ3) is 1.99. The maximum atomic E-state index is 13.7. The Morgan fingerprint density at radius 3 is 2.33 bits per heavy atom. The zero-order valence-corrected chi connectivity index (χ0v) is 16.4. The molecule has 5 rings (SSSR count). The van der Waals surface area contributed by atoms with E-state index in [4.69, 9.17) is 4.74 Å². The van der Waals surface area contributed by atoms with Crippen LogP contribution >= 0.6 is 0 Å². The lowest BCUT2D eigenvalue weighted by Crippen LogP contribution is -2.49. The van der Waals surface area contributed by atoms with Gasteiger partial charge >= 0.3 is 5.97 Å². The van der Waals surface area contributed by atoms with Gasteiger partial charge in [0.15, 0.2) is 0 Å². The summed E-state index contributed by atoms with van der Waals surface area (Å²) < 4.78 is 4.95. The van der Waals surface area contributed by atoms with Crippen molar-refractivity contribution in [2.45, 2.75) is 5.41 Å². The Balaban J connectivity index is 1.76. The first-order valence-corrected chi connectivity index (χ1v) is 9.55. The van der Waals surface area contributed by atoms with E-state index in [0.717, 1.165) is 4.90 Å². The Hall–Kier alpha value is -3.74. The van der Waals surface area contributed by atoms with E-state index >= 15 is 0 Å². The van der Waals surface area contributed by atoms with Crippen molar-refractivity contribution < 1.29 is 23.9 Å². The van der Waals surface area contributed by atoms with Gasteiger partial charge in [-0.2, -0.15) is 0 Å². The molecule has 2 aromatic rings. The molecule has 3 amide bonds. The Kier molecular flexibility index (Phi) is 3.74. The Bertz CT molecular complexity index is 1160. The van der Waals surface area contributed by atoms with Gasteiger partial charge in [-0.05, 0) is 23.8 Å². The number of hydrogen-bond acceptors (Lipinski definition) is 5. The van der Waals surface area contributed by atoms with Crippen molar-refractivity contribution in [3.63, 3.8) is 0 Å². The predicted molar refractivity (Wildman–Crippen MR) is 108 cm³/mol. The highest BCUT2D eigenvalue weighted by atomic mass is 16.5. The molecule has 1 aliphatic carbocycles. The summed E-state index contributed by atoms with van der Waals surface area (Å²) in [6.45, 7) is 0. The van der Waals surface area contributed by atoms with Gasteiger partial charge in [0, 0.05) is 12.7 Å². The van der Waals surface area contributed by atoms with Gasteiger partial charge in [-0.25, -0.2) is 9.69 Å². The van der Waals surface area contributed by atoms with E-state index in [2.05, 4.69) is 0 Å². The molecule has 2 aliphatic heterocycles. The van der Waals surface area contributed by atoms with Crippen LogP contribution in [-0.2, 0) is 29.3 Å². The number of amides is 3. The van der Waals surface area contributed by atoms with Gasteiger partial charge in [-0.15, -0.1) is 0 Å². The number of anilines is 2. The van der Waals surface area contributed by atoms with Gasteiger partial charge < -0.3 is 9.64 Å². The number of esters is 1. The Morgan fingerprint density at radius 1 is 0.967 bits per heavy atom. The number of rotatable bonds is 2. The SMILES string of the molecule is COC(=O)C1=C[C@@H]2C(=O)N(c3ccccc3)C(=O)[C@@H]2[C@]12C(=O)N(C)c1ccccc12. The maximum absolute atomic E-state index is 13.7. The second-order valence-corrected chi connectivity index (χ2v) is 7.61. The minimum absolute atomic E-state index is 0.0520. The second-order valence-electron chi connectivity index (χ2n) is 7.61. The van der Waals surface area contributed by atoms with E-state index in [1.165, 1.54) is 18.1 Å². The molecule has 0 radical (unpaired) electrons. The van der Waals surface area contributed by atoms with Gasteiger partial charge in [0.2, 0.25) is 17.7 Å². The van der Waals surface area contributed by atoms with E-state index in [0.29, 0.717) is 16.9 Å². The van der Waals surface area contributed by atoms with Crippen LogP contribution in [0.5, 0.6) is 0 Å². The van der Waals surface area contributed by atoms with E-state index in [1.54, 1.807) is 61.6 Å². The number of benzene rings is 2. The molecule has 0 aromatic heterocycles. The summed E-state index contributed by atoms with van der Waals surface area (Å²) >= 11 is 0. The van der Waals surface area contributed by atoms with Crippen molar-refractivity contribution in [2.75, 3.05) is 24.0 Å². The van der Waals surface area contributed by atoms with Crippen molar-refractivity contribution in [3.8, 4) is 0 Å². The standard InChI is InChI=1S/C23H18N2O5/c1-24-17-11-7-6-10-15(17)23(22(24)29)16(21(28)30-2)12-14-18(23)20(27)25(19(14)26)13-8-4-3-5-9-13/h3-12,14,18H,1-2H3/t14-,18+,23+/m0/s1. The van der Waals surface area contributed by atoms with Crippen LogP contribution in [0.25, 0.3) is 0 Å². The zero-order valence-electron chi connectivity index (χ0n) is 16.4. The van der Waals surface area contributed by atoms with Crippen LogP contribution in [-0.4, -0.2) is 37.8 Å². The predicted octanol–water partition coefficient (Wildman–Crippen LogP) is 1.82. The number of hydrogen-bond donors (Lipinski definition) is 0. The van der Waals surface area contributed by atoms with Crippen LogP contribution in [0.1, 0.15) is 5.56 Å². The lowest BCUT2D eigenvalue weighted by atomic mass is 9.68. The van der Waals surface area contributed by atoms with Crippen molar-refractivity contribution in [1.82, 2.24) is 0 Å². The molecule has 2 heterocycles. The van der Waals surface area contributed by atoms with Crippen LogP contribution in [0.2, 0.25) is 0 Å². The van der Waals surface area contributed by atoms with Gasteiger partial charge in [0.1, 0.15) is 5.41 Å². The summed E-state index contributed by atoms with van der Waals surface area (Å²) in [4.78, 5) is 55.9. The molecule has 7 nitrogen and oxygen atoms in total. The van der Waals surface area contributed by atoms with E-state index in [1.807, 2.05) is 0 Å². The first-order chi connectivity index (χ1) is 14.4. The number of methoxy groups -OCH3 is 1. The monoisotopic (exact) mass is 402 g/mol. The molecule has 1 saturated heterocycles. The van der Waals surface area contributed by atoms with Gasteiger partial charge in [0.05, 0.1) is 30.2 Å². The molecule has 3 aliphatic rings. The average Bonchev–Trinajstić information content (AvgIpc) is 3.33. The third-order valence-electron chi connectivity index (χ3n) is 6.34. The summed E-state index contributed by atoms with van der Waals surface area (Å²) in [6, 6.07) is 15.6. The van der Waals surface area contributed by atoms with Crippen LogP contribution in [0.3, 0.4) is 0 Å². The summed E-state index contributed by atoms with van der Waals surface area (Å²) in [7, 11) is 2.83. The quantitative estimate of drug-likeness (QED) is 0.565. The number of carbonyl (C=O) groups is 4. The minimum Gasteiger partial charge on any atom is -0.466 e. The fraction of sp³-hybridized carbons (Fsp3) is 0.217. The number of nitrogens with zero attached hydrogens (tertiary/aromatic N) is 2. The normalized spacial score (nSPS) is 26.9. The highest BCUT2D eigenvalue weighted by molar-refractivity contribution is 6.29.